The third-order valence-corrected chi connectivity index (χ3v) is 4.84. The van der Waals surface area contributed by atoms with Gasteiger partial charge in [-0.1, -0.05) is 12.1 Å². The van der Waals surface area contributed by atoms with Gasteiger partial charge in [0.2, 0.25) is 6.79 Å². The Balaban J connectivity index is 1.63. The number of nitrogens with one attached hydrogen (secondary N) is 2. The number of sulfonamides is 1. The molecule has 3 aromatic rings. The van der Waals surface area contributed by atoms with Gasteiger partial charge in [0.15, 0.2) is 17.3 Å². The topological polar surface area (TPSA) is 106 Å². The van der Waals surface area contributed by atoms with Gasteiger partial charge in [-0.2, -0.15) is 5.10 Å². The summed E-state index contributed by atoms with van der Waals surface area (Å²) in [5.41, 5.74) is 1.14. The molecule has 0 aliphatic carbocycles. The van der Waals surface area contributed by atoms with Gasteiger partial charge in [0.25, 0.3) is 10.0 Å². The van der Waals surface area contributed by atoms with Crippen molar-refractivity contribution in [1.82, 2.24) is 15.2 Å². The Morgan fingerprint density at radius 2 is 1.96 bits per heavy atom. The molecule has 0 unspecified atom stereocenters. The van der Waals surface area contributed by atoms with Crippen LogP contribution in [0.4, 0.5) is 5.69 Å². The second-order valence-corrected chi connectivity index (χ2v) is 6.72. The van der Waals surface area contributed by atoms with Crippen LogP contribution in [0.1, 0.15) is 0 Å². The van der Waals surface area contributed by atoms with Crippen molar-refractivity contribution in [3.8, 4) is 22.9 Å². The van der Waals surface area contributed by atoms with Crippen molar-refractivity contribution in [3.63, 3.8) is 0 Å². The minimum absolute atomic E-state index is 0.0888. The largest absolute Gasteiger partial charge is 0.454 e. The summed E-state index contributed by atoms with van der Waals surface area (Å²) < 4.78 is 38.1. The molecule has 0 fully saturated rings. The van der Waals surface area contributed by atoms with E-state index in [-0.39, 0.29) is 11.7 Å². The predicted octanol–water partition coefficient (Wildman–Crippen LogP) is 2.00. The molecule has 0 saturated carbocycles. The van der Waals surface area contributed by atoms with Gasteiger partial charge in [0.1, 0.15) is 6.33 Å². The van der Waals surface area contributed by atoms with Crippen molar-refractivity contribution in [1.29, 1.82) is 0 Å². The first-order chi connectivity index (χ1) is 11.6. The Bertz CT molecular complexity index is 986. The minimum atomic E-state index is -3.75. The Morgan fingerprint density at radius 1 is 1.08 bits per heavy atom. The zero-order valence-electron chi connectivity index (χ0n) is 12.3. The number of rotatable bonds is 4. The first kappa shape index (κ1) is 14.5. The fourth-order valence-corrected chi connectivity index (χ4v) is 3.40. The Hall–Kier alpha value is -3.07. The summed E-state index contributed by atoms with van der Waals surface area (Å²) in [5.74, 6) is 1.49. The molecule has 2 heterocycles. The lowest BCUT2D eigenvalue weighted by atomic mass is 10.2. The van der Waals surface area contributed by atoms with E-state index >= 15 is 0 Å². The summed E-state index contributed by atoms with van der Waals surface area (Å²) in [6, 6.07) is 11.3. The highest BCUT2D eigenvalue weighted by Gasteiger charge is 2.20. The van der Waals surface area contributed by atoms with Crippen LogP contribution in [0.3, 0.4) is 0 Å². The number of hydrogen-bond donors (Lipinski definition) is 2. The smallest absolute Gasteiger partial charge is 0.262 e. The fraction of sp³-hybridized carbons (Fsp3) is 0.0667. The van der Waals surface area contributed by atoms with Gasteiger partial charge in [-0.3, -0.25) is 9.82 Å². The second kappa shape index (κ2) is 5.53. The van der Waals surface area contributed by atoms with Crippen molar-refractivity contribution in [2.75, 3.05) is 11.5 Å². The molecule has 2 N–H and O–H groups in total. The molecule has 0 atom stereocenters. The van der Waals surface area contributed by atoms with Crippen LogP contribution < -0.4 is 14.2 Å². The zero-order valence-corrected chi connectivity index (χ0v) is 13.1. The molecule has 0 spiro atoms. The van der Waals surface area contributed by atoms with Gasteiger partial charge < -0.3 is 9.47 Å². The number of H-pyrrole nitrogens is 1. The molecule has 2 aromatic carbocycles. The van der Waals surface area contributed by atoms with Gasteiger partial charge in [0, 0.05) is 17.3 Å². The number of fused-ring (bicyclic) bond motifs is 1. The van der Waals surface area contributed by atoms with Crippen LogP contribution in [0.5, 0.6) is 11.5 Å². The standard InChI is InChI=1S/C15H12N4O4S/c20-24(21,12-4-5-13-14(7-12)23-9-22-13)19-11-3-1-2-10(6-11)15-16-8-17-18-15/h1-8,19H,9H2,(H,16,17,18). The van der Waals surface area contributed by atoms with Crippen LogP contribution in [0.15, 0.2) is 53.7 Å². The van der Waals surface area contributed by atoms with Crippen molar-refractivity contribution < 1.29 is 17.9 Å². The normalized spacial score (nSPS) is 13.0. The maximum absolute atomic E-state index is 12.6. The number of aromatic nitrogens is 3. The van der Waals surface area contributed by atoms with Gasteiger partial charge in [-0.25, -0.2) is 13.4 Å². The molecule has 9 heteroatoms. The lowest BCUT2D eigenvalue weighted by molar-refractivity contribution is 0.174. The van der Waals surface area contributed by atoms with Crippen LogP contribution in [0.25, 0.3) is 11.4 Å². The van der Waals surface area contributed by atoms with E-state index in [4.69, 9.17) is 9.47 Å². The van der Waals surface area contributed by atoms with Gasteiger partial charge in [-0.05, 0) is 24.3 Å². The quantitative estimate of drug-likeness (QED) is 0.750. The molecule has 8 nitrogen and oxygen atoms in total. The summed E-state index contributed by atoms with van der Waals surface area (Å²) in [4.78, 5) is 4.14. The van der Waals surface area contributed by atoms with E-state index in [1.54, 1.807) is 30.3 Å². The van der Waals surface area contributed by atoms with Gasteiger partial charge in [0.05, 0.1) is 4.90 Å². The Morgan fingerprint density at radius 3 is 2.79 bits per heavy atom. The molecule has 0 saturated heterocycles. The van der Waals surface area contributed by atoms with E-state index in [9.17, 15) is 8.42 Å². The van der Waals surface area contributed by atoms with Crippen molar-refractivity contribution in [3.05, 3.63) is 48.8 Å². The van der Waals surface area contributed by atoms with Gasteiger partial charge >= 0.3 is 0 Å². The molecule has 1 aliphatic rings. The number of nitrogens with zero attached hydrogens (tertiary/aromatic N) is 2. The summed E-state index contributed by atoms with van der Waals surface area (Å²) >= 11 is 0. The van der Waals surface area contributed by atoms with Crippen molar-refractivity contribution in [2.45, 2.75) is 4.90 Å². The fourth-order valence-electron chi connectivity index (χ4n) is 2.33. The summed E-state index contributed by atoms with van der Waals surface area (Å²) in [6.45, 7) is 0.0888. The van der Waals surface area contributed by atoms with Crippen LogP contribution in [0.2, 0.25) is 0 Å². The molecular formula is C15H12N4O4S. The number of aromatic amines is 1. The SMILES string of the molecule is O=S(=O)(Nc1cccc(-c2ncn[nH]2)c1)c1ccc2c(c1)OCO2. The van der Waals surface area contributed by atoms with Crippen molar-refractivity contribution >= 4 is 15.7 Å². The zero-order chi connectivity index (χ0) is 16.6. The monoisotopic (exact) mass is 344 g/mol. The summed E-state index contributed by atoms with van der Waals surface area (Å²) in [7, 11) is -3.75. The van der Waals surface area contributed by atoms with Crippen LogP contribution in [-0.4, -0.2) is 30.4 Å². The lowest BCUT2D eigenvalue weighted by Gasteiger charge is -2.09. The minimum Gasteiger partial charge on any atom is -0.454 e. The Kier molecular flexibility index (Phi) is 3.35. The molecule has 1 aliphatic heterocycles. The van der Waals surface area contributed by atoms with Crippen LogP contribution >= 0.6 is 0 Å². The highest BCUT2D eigenvalue weighted by molar-refractivity contribution is 7.92. The average molecular weight is 344 g/mol. The Labute approximate surface area is 137 Å². The van der Waals surface area contributed by atoms with Crippen LogP contribution in [-0.2, 0) is 10.0 Å². The first-order valence-electron chi connectivity index (χ1n) is 7.00. The van der Waals surface area contributed by atoms with Crippen molar-refractivity contribution in [2.24, 2.45) is 0 Å². The maximum atomic E-state index is 12.6. The molecule has 1 aromatic heterocycles. The van der Waals surface area contributed by atoms with E-state index < -0.39 is 10.0 Å². The number of anilines is 1. The van der Waals surface area contributed by atoms with E-state index in [0.29, 0.717) is 23.0 Å². The highest BCUT2D eigenvalue weighted by atomic mass is 32.2. The predicted molar refractivity (Wildman–Crippen MR) is 85.2 cm³/mol. The molecular weight excluding hydrogens is 332 g/mol. The molecule has 0 amide bonds. The second-order valence-electron chi connectivity index (χ2n) is 5.04. The molecule has 122 valence electrons. The maximum Gasteiger partial charge on any atom is 0.262 e. The molecule has 0 radical (unpaired) electrons. The first-order valence-corrected chi connectivity index (χ1v) is 8.48. The number of benzene rings is 2. The van der Waals surface area contributed by atoms with E-state index in [2.05, 4.69) is 19.9 Å². The van der Waals surface area contributed by atoms with E-state index in [1.165, 1.54) is 18.5 Å². The van der Waals surface area contributed by atoms with E-state index in [0.717, 1.165) is 5.56 Å². The number of hydrogen-bond acceptors (Lipinski definition) is 6. The third-order valence-electron chi connectivity index (χ3n) is 3.46. The molecule has 24 heavy (non-hydrogen) atoms. The average Bonchev–Trinajstić information content (AvgIpc) is 3.25. The van der Waals surface area contributed by atoms with Gasteiger partial charge in [-0.15, -0.1) is 0 Å². The third kappa shape index (κ3) is 2.65. The molecule has 0 bridgehead atoms. The van der Waals surface area contributed by atoms with E-state index in [1.807, 2.05) is 0 Å². The van der Waals surface area contributed by atoms with Crippen LogP contribution in [0, 0.1) is 0 Å². The highest BCUT2D eigenvalue weighted by Crippen LogP contribution is 2.34. The lowest BCUT2D eigenvalue weighted by Crippen LogP contribution is -2.12. The number of ether oxygens (including phenoxy) is 2. The summed E-state index contributed by atoms with van der Waals surface area (Å²) in [5, 5.41) is 6.52. The summed E-state index contributed by atoms with van der Waals surface area (Å²) in [6.07, 6.45) is 1.39. The molecule has 4 rings (SSSR count).